The van der Waals surface area contributed by atoms with Gasteiger partial charge in [-0.25, -0.2) is 4.98 Å². The molecule has 0 unspecified atom stereocenters. The lowest BCUT2D eigenvalue weighted by molar-refractivity contribution is -0.0516. The highest BCUT2D eigenvalue weighted by Gasteiger charge is 2.44. The van der Waals surface area contributed by atoms with E-state index in [4.69, 9.17) is 40.0 Å². The summed E-state index contributed by atoms with van der Waals surface area (Å²) in [5, 5.41) is 29.1. The molecule has 0 saturated carbocycles. The number of nitrogen functional groups attached to an aromatic ring is 1. The fourth-order valence-electron chi connectivity index (χ4n) is 2.38. The molecule has 114 valence electrons. The predicted molar refractivity (Wildman–Crippen MR) is 77.5 cm³/mol. The molecule has 2 aromatic rings. The molecule has 1 aliphatic rings. The van der Waals surface area contributed by atoms with Crippen LogP contribution in [0, 0.1) is 9.41 Å². The molecule has 2 aromatic heterocycles. The molecule has 3 heterocycles. The summed E-state index contributed by atoms with van der Waals surface area (Å²) in [6.45, 7) is -0.426. The zero-order valence-electron chi connectivity index (χ0n) is 10.6. The van der Waals surface area contributed by atoms with Gasteiger partial charge in [0.15, 0.2) is 21.6 Å². The van der Waals surface area contributed by atoms with Gasteiger partial charge in [0.25, 0.3) is 0 Å². The van der Waals surface area contributed by atoms with E-state index in [9.17, 15) is 10.2 Å². The van der Waals surface area contributed by atoms with Crippen molar-refractivity contribution in [1.29, 1.82) is 0 Å². The zero-order valence-corrected chi connectivity index (χ0v) is 12.2. The Hall–Kier alpha value is -1.37. The first-order chi connectivity index (χ1) is 9.93. The maximum Gasteiger partial charge on any atom is 0.200 e. The van der Waals surface area contributed by atoms with E-state index in [1.807, 2.05) is 0 Å². The Bertz CT molecular complexity index is 799. The lowest BCUT2D eigenvalue weighted by atomic mass is 10.1. The maximum absolute atomic E-state index is 10.1. The highest BCUT2D eigenvalue weighted by atomic mass is 32.1. The van der Waals surface area contributed by atoms with Crippen molar-refractivity contribution in [3.63, 3.8) is 0 Å². The van der Waals surface area contributed by atoms with Crippen LogP contribution >= 0.6 is 24.4 Å². The van der Waals surface area contributed by atoms with E-state index in [-0.39, 0.29) is 15.4 Å². The van der Waals surface area contributed by atoms with E-state index in [1.54, 1.807) is 0 Å². The number of rotatable bonds is 2. The van der Waals surface area contributed by atoms with Crippen LogP contribution in [0.2, 0.25) is 0 Å². The van der Waals surface area contributed by atoms with Crippen LogP contribution in [0.25, 0.3) is 11.2 Å². The van der Waals surface area contributed by atoms with E-state index in [0.717, 1.165) is 0 Å². The summed E-state index contributed by atoms with van der Waals surface area (Å²) in [7, 11) is 0. The van der Waals surface area contributed by atoms with Gasteiger partial charge in [-0.15, -0.1) is 0 Å². The summed E-state index contributed by atoms with van der Waals surface area (Å²) < 4.78 is 7.32. The van der Waals surface area contributed by atoms with Gasteiger partial charge < -0.3 is 35.8 Å². The van der Waals surface area contributed by atoms with Crippen LogP contribution in [-0.4, -0.2) is 59.8 Å². The normalized spacial score (nSPS) is 29.3. The number of aromatic amines is 2. The Morgan fingerprint density at radius 3 is 2.62 bits per heavy atom. The highest BCUT2D eigenvalue weighted by Crippen LogP contribution is 2.31. The molecule has 0 spiro atoms. The first-order valence-corrected chi connectivity index (χ1v) is 6.88. The summed E-state index contributed by atoms with van der Waals surface area (Å²) >= 11 is 10.3. The van der Waals surface area contributed by atoms with Crippen molar-refractivity contribution in [2.45, 2.75) is 24.5 Å². The van der Waals surface area contributed by atoms with E-state index >= 15 is 0 Å². The quantitative estimate of drug-likeness (QED) is 0.398. The molecule has 0 amide bonds. The van der Waals surface area contributed by atoms with Crippen LogP contribution in [0.4, 0.5) is 5.95 Å². The number of aromatic nitrogens is 4. The van der Waals surface area contributed by atoms with Crippen molar-refractivity contribution in [3.8, 4) is 0 Å². The van der Waals surface area contributed by atoms with E-state index in [1.165, 1.54) is 4.57 Å². The molecule has 7 N–H and O–H groups in total. The van der Waals surface area contributed by atoms with Crippen molar-refractivity contribution < 1.29 is 20.1 Å². The number of aliphatic hydroxyl groups excluding tert-OH is 3. The number of imidazole rings is 1. The number of nitrogens with zero attached hydrogens (tertiary/aromatic N) is 2. The third-order valence-corrected chi connectivity index (χ3v) is 3.98. The van der Waals surface area contributed by atoms with Gasteiger partial charge >= 0.3 is 0 Å². The molecule has 3 rings (SSSR count). The molecule has 9 nitrogen and oxygen atoms in total. The molecule has 0 aromatic carbocycles. The molecule has 0 aliphatic carbocycles. The van der Waals surface area contributed by atoms with Gasteiger partial charge in [-0.2, -0.15) is 0 Å². The third-order valence-electron chi connectivity index (χ3n) is 3.38. The largest absolute Gasteiger partial charge is 0.394 e. The molecule has 0 radical (unpaired) electrons. The predicted octanol–water partition coefficient (Wildman–Crippen LogP) is -0.655. The number of hydrogen-bond acceptors (Lipinski definition) is 8. The second kappa shape index (κ2) is 5.12. The van der Waals surface area contributed by atoms with Crippen LogP contribution in [0.1, 0.15) is 6.23 Å². The summed E-state index contributed by atoms with van der Waals surface area (Å²) in [6, 6.07) is 0. The lowest BCUT2D eigenvalue weighted by Gasteiger charge is -2.17. The Kier molecular flexibility index (Phi) is 3.55. The highest BCUT2D eigenvalue weighted by molar-refractivity contribution is 7.71. The van der Waals surface area contributed by atoms with Gasteiger partial charge in [0.05, 0.1) is 6.61 Å². The number of hydrogen-bond donors (Lipinski definition) is 6. The van der Waals surface area contributed by atoms with Crippen LogP contribution in [-0.2, 0) is 4.74 Å². The summed E-state index contributed by atoms with van der Waals surface area (Å²) in [5.74, 6) is 0.0852. The number of ether oxygens (including phenoxy) is 1. The topological polar surface area (TPSA) is 145 Å². The van der Waals surface area contributed by atoms with Gasteiger partial charge in [-0.3, -0.25) is 4.57 Å². The number of anilines is 1. The molecule has 11 heteroatoms. The second-order valence-electron chi connectivity index (χ2n) is 4.68. The van der Waals surface area contributed by atoms with Crippen LogP contribution < -0.4 is 5.73 Å². The number of aliphatic hydroxyl groups is 3. The molecule has 1 aliphatic heterocycles. The second-order valence-corrected chi connectivity index (χ2v) is 5.45. The Morgan fingerprint density at radius 2 is 2.00 bits per heavy atom. The molecule has 21 heavy (non-hydrogen) atoms. The molecular formula is C10H13N5O4S2. The third kappa shape index (κ3) is 2.18. The summed E-state index contributed by atoms with van der Waals surface area (Å²) in [5.41, 5.74) is 6.47. The SMILES string of the molecule is Nc1nc(=S)c2[nH]c(=S)n([C@@H]3O[C@@H](CO)[C@@H](O)[C@@H]3O)c2[nH]1. The van der Waals surface area contributed by atoms with Gasteiger partial charge in [-0.05, 0) is 12.2 Å². The van der Waals surface area contributed by atoms with Gasteiger partial charge in [0.1, 0.15) is 29.5 Å². The average molecular weight is 331 g/mol. The maximum atomic E-state index is 10.1. The number of fused-ring (bicyclic) bond motifs is 1. The minimum absolute atomic E-state index is 0.0852. The minimum Gasteiger partial charge on any atom is -0.394 e. The van der Waals surface area contributed by atoms with Crippen molar-refractivity contribution in [1.82, 2.24) is 19.5 Å². The molecular weight excluding hydrogens is 318 g/mol. The molecule has 0 bridgehead atoms. The monoisotopic (exact) mass is 331 g/mol. The number of nitrogens with one attached hydrogen (secondary N) is 2. The van der Waals surface area contributed by atoms with E-state index in [2.05, 4.69) is 15.0 Å². The van der Waals surface area contributed by atoms with Gasteiger partial charge in [0, 0.05) is 0 Å². The molecule has 1 saturated heterocycles. The zero-order chi connectivity index (χ0) is 15.3. The van der Waals surface area contributed by atoms with Gasteiger partial charge in [-0.1, -0.05) is 12.2 Å². The fraction of sp³-hybridized carbons (Fsp3) is 0.500. The first-order valence-electron chi connectivity index (χ1n) is 6.06. The van der Waals surface area contributed by atoms with Crippen LogP contribution in [0.3, 0.4) is 0 Å². The van der Waals surface area contributed by atoms with Crippen molar-refractivity contribution in [3.05, 3.63) is 9.41 Å². The standard InChI is InChI=1S/C10H13N5O4S2/c11-9-13-6-3(7(20)14-9)12-10(21)15(6)8-5(18)4(17)2(1-16)19-8/h2,4-5,8,16-18H,1H2,(H,12,21)(H3,11,13,14,20)/t2-,4+,5-,8+/m0/s1. The lowest BCUT2D eigenvalue weighted by Crippen LogP contribution is -2.33. The number of H-pyrrole nitrogens is 2. The molecule has 4 atom stereocenters. The number of nitrogens with two attached hydrogens (primary N) is 1. The first kappa shape index (κ1) is 14.6. The summed E-state index contributed by atoms with van der Waals surface area (Å²) in [6.07, 6.45) is -4.37. The fourth-order valence-corrected chi connectivity index (χ4v) is 2.92. The van der Waals surface area contributed by atoms with E-state index in [0.29, 0.717) is 11.2 Å². The Morgan fingerprint density at radius 1 is 1.29 bits per heavy atom. The Balaban J connectivity index is 2.20. The smallest absolute Gasteiger partial charge is 0.200 e. The van der Waals surface area contributed by atoms with Crippen LogP contribution in [0.5, 0.6) is 0 Å². The minimum atomic E-state index is -1.26. The van der Waals surface area contributed by atoms with Crippen molar-refractivity contribution in [2.75, 3.05) is 12.3 Å². The van der Waals surface area contributed by atoms with Crippen molar-refractivity contribution in [2.24, 2.45) is 0 Å². The van der Waals surface area contributed by atoms with E-state index < -0.39 is 31.1 Å². The molecule has 1 fully saturated rings. The summed E-state index contributed by atoms with van der Waals surface area (Å²) in [4.78, 5) is 9.55. The Labute approximate surface area is 128 Å². The van der Waals surface area contributed by atoms with Gasteiger partial charge in [0.2, 0.25) is 0 Å². The van der Waals surface area contributed by atoms with Crippen LogP contribution in [0.15, 0.2) is 0 Å². The van der Waals surface area contributed by atoms with Crippen molar-refractivity contribution >= 4 is 41.5 Å². The average Bonchev–Trinajstić information content (AvgIpc) is 2.89.